The molecule has 0 N–H and O–H groups in total. The standard InChI is InChI=1S/C15H29O6P/c1-6-15(7-2)20-10-14(21-15)12(3)8-9-13(16)11-22(17,18-4)19-5/h12,14H,6-11H2,1-5H3/t12-,14+/m1/s1. The lowest BCUT2D eigenvalue weighted by Gasteiger charge is -2.26. The van der Waals surface area contributed by atoms with Crippen molar-refractivity contribution in [1.82, 2.24) is 0 Å². The summed E-state index contributed by atoms with van der Waals surface area (Å²) in [5, 5.41) is 0. The van der Waals surface area contributed by atoms with Gasteiger partial charge >= 0.3 is 7.60 Å². The van der Waals surface area contributed by atoms with Gasteiger partial charge in [0.1, 0.15) is 11.9 Å². The highest BCUT2D eigenvalue weighted by Crippen LogP contribution is 2.46. The van der Waals surface area contributed by atoms with Crippen molar-refractivity contribution in [2.75, 3.05) is 27.0 Å². The van der Waals surface area contributed by atoms with Gasteiger partial charge in [-0.15, -0.1) is 0 Å². The van der Waals surface area contributed by atoms with Crippen LogP contribution in [0.25, 0.3) is 0 Å². The Morgan fingerprint density at radius 1 is 1.32 bits per heavy atom. The molecule has 0 spiro atoms. The maximum atomic E-state index is 11.9. The van der Waals surface area contributed by atoms with E-state index in [2.05, 4.69) is 6.92 Å². The molecule has 1 rings (SSSR count). The Labute approximate surface area is 133 Å². The van der Waals surface area contributed by atoms with Crippen LogP contribution < -0.4 is 0 Å². The summed E-state index contributed by atoms with van der Waals surface area (Å²) >= 11 is 0. The third-order valence-electron chi connectivity index (χ3n) is 4.39. The topological polar surface area (TPSA) is 71.1 Å². The van der Waals surface area contributed by atoms with Gasteiger partial charge in [0, 0.05) is 20.6 Å². The molecule has 0 aromatic heterocycles. The first kappa shape index (κ1) is 19.8. The second-order valence-corrected chi connectivity index (χ2v) is 8.04. The summed E-state index contributed by atoms with van der Waals surface area (Å²) in [5.74, 6) is -0.381. The predicted molar refractivity (Wildman–Crippen MR) is 84.0 cm³/mol. The second kappa shape index (κ2) is 8.55. The van der Waals surface area contributed by atoms with Gasteiger partial charge in [0.2, 0.25) is 0 Å². The third kappa shape index (κ3) is 5.14. The predicted octanol–water partition coefficient (Wildman–Crippen LogP) is 3.39. The molecule has 0 aromatic carbocycles. The van der Waals surface area contributed by atoms with Gasteiger partial charge in [-0.25, -0.2) is 0 Å². The maximum Gasteiger partial charge on any atom is 0.337 e. The molecule has 22 heavy (non-hydrogen) atoms. The molecule has 0 radical (unpaired) electrons. The number of carbonyl (C=O) groups excluding carboxylic acids is 1. The van der Waals surface area contributed by atoms with Crippen molar-refractivity contribution in [3.05, 3.63) is 0 Å². The lowest BCUT2D eigenvalue weighted by molar-refractivity contribution is -0.176. The average Bonchev–Trinajstić information content (AvgIpc) is 2.97. The van der Waals surface area contributed by atoms with E-state index in [0.717, 1.165) is 12.8 Å². The summed E-state index contributed by atoms with van der Waals surface area (Å²) in [7, 11) is -0.677. The van der Waals surface area contributed by atoms with Crippen LogP contribution in [0.5, 0.6) is 0 Å². The molecule has 2 atom stereocenters. The van der Waals surface area contributed by atoms with Crippen LogP contribution in [0, 0.1) is 5.92 Å². The van der Waals surface area contributed by atoms with Gasteiger partial charge in [-0.1, -0.05) is 20.8 Å². The summed E-state index contributed by atoms with van der Waals surface area (Å²) in [6, 6.07) is 0. The van der Waals surface area contributed by atoms with Gasteiger partial charge in [-0.05, 0) is 25.2 Å². The van der Waals surface area contributed by atoms with Crippen LogP contribution in [0.2, 0.25) is 0 Å². The number of ether oxygens (including phenoxy) is 2. The van der Waals surface area contributed by atoms with Crippen molar-refractivity contribution in [2.45, 2.75) is 58.3 Å². The number of ketones is 1. The van der Waals surface area contributed by atoms with E-state index in [4.69, 9.17) is 18.5 Å². The van der Waals surface area contributed by atoms with Crippen molar-refractivity contribution in [2.24, 2.45) is 5.92 Å². The zero-order valence-corrected chi connectivity index (χ0v) is 15.2. The van der Waals surface area contributed by atoms with Gasteiger partial charge in [0.25, 0.3) is 0 Å². The van der Waals surface area contributed by atoms with E-state index in [1.54, 1.807) is 0 Å². The van der Waals surface area contributed by atoms with Crippen LogP contribution in [-0.4, -0.2) is 44.7 Å². The molecule has 0 unspecified atom stereocenters. The summed E-state index contributed by atoms with van der Waals surface area (Å²) in [5.41, 5.74) is 0. The van der Waals surface area contributed by atoms with Crippen LogP contribution >= 0.6 is 7.60 Å². The quantitative estimate of drug-likeness (QED) is 0.570. The molecule has 130 valence electrons. The number of Topliss-reactive ketones (excluding diaryl/α,β-unsaturated/α-hetero) is 1. The Hall–Kier alpha value is -0.260. The molecular formula is C15H29O6P. The maximum absolute atomic E-state index is 11.9. The summed E-state index contributed by atoms with van der Waals surface area (Å²) in [6.45, 7) is 6.71. The Bertz CT molecular complexity index is 399. The van der Waals surface area contributed by atoms with E-state index in [0.29, 0.717) is 19.4 Å². The first-order valence-corrected chi connectivity index (χ1v) is 9.60. The van der Waals surface area contributed by atoms with Crippen LogP contribution in [0.15, 0.2) is 0 Å². The van der Waals surface area contributed by atoms with E-state index in [9.17, 15) is 9.36 Å². The number of hydrogen-bond acceptors (Lipinski definition) is 6. The Kier molecular flexibility index (Phi) is 7.69. The minimum atomic E-state index is -3.26. The monoisotopic (exact) mass is 336 g/mol. The fraction of sp³-hybridized carbons (Fsp3) is 0.933. The minimum Gasteiger partial charge on any atom is -0.347 e. The zero-order valence-electron chi connectivity index (χ0n) is 14.3. The van der Waals surface area contributed by atoms with Crippen molar-refractivity contribution < 1.29 is 27.9 Å². The first-order valence-electron chi connectivity index (χ1n) is 7.87. The van der Waals surface area contributed by atoms with Crippen LogP contribution in [-0.2, 0) is 27.9 Å². The largest absolute Gasteiger partial charge is 0.347 e. The molecule has 1 aliphatic rings. The minimum absolute atomic E-state index is 0.00403. The molecule has 1 saturated heterocycles. The lowest BCUT2D eigenvalue weighted by Crippen LogP contribution is -2.30. The molecule has 6 nitrogen and oxygen atoms in total. The number of hydrogen-bond donors (Lipinski definition) is 0. The molecule has 1 aliphatic heterocycles. The lowest BCUT2D eigenvalue weighted by atomic mass is 9.98. The zero-order chi connectivity index (χ0) is 16.8. The molecule has 0 aliphatic carbocycles. The third-order valence-corrected chi connectivity index (χ3v) is 6.25. The van der Waals surface area contributed by atoms with Gasteiger partial charge in [0.05, 0.1) is 12.7 Å². The Balaban J connectivity index is 2.42. The SMILES string of the molecule is CCC1(CC)OC[C@@H]([C@H](C)CCC(=O)CP(=O)(OC)OC)O1. The first-order chi connectivity index (χ1) is 10.3. The summed E-state index contributed by atoms with van der Waals surface area (Å²) in [4.78, 5) is 11.9. The Morgan fingerprint density at radius 2 is 1.91 bits per heavy atom. The van der Waals surface area contributed by atoms with Gasteiger partial charge in [0.15, 0.2) is 5.79 Å². The van der Waals surface area contributed by atoms with E-state index in [1.165, 1.54) is 14.2 Å². The molecule has 1 heterocycles. The summed E-state index contributed by atoms with van der Waals surface area (Å²) in [6.07, 6.45) is 2.46. The van der Waals surface area contributed by atoms with Crippen LogP contribution in [0.1, 0.15) is 46.5 Å². The molecule has 0 amide bonds. The smallest absolute Gasteiger partial charge is 0.337 e. The fourth-order valence-corrected chi connectivity index (χ4v) is 3.55. The number of rotatable bonds is 10. The molecule has 1 fully saturated rings. The summed E-state index contributed by atoms with van der Waals surface area (Å²) < 4.78 is 33.3. The van der Waals surface area contributed by atoms with E-state index in [1.807, 2.05) is 13.8 Å². The molecule has 7 heteroatoms. The molecule has 0 aromatic rings. The van der Waals surface area contributed by atoms with Crippen LogP contribution in [0.4, 0.5) is 0 Å². The van der Waals surface area contributed by atoms with Crippen molar-refractivity contribution in [1.29, 1.82) is 0 Å². The van der Waals surface area contributed by atoms with Gasteiger partial charge in [-0.2, -0.15) is 0 Å². The molecular weight excluding hydrogens is 307 g/mol. The molecule has 0 bridgehead atoms. The highest BCUT2D eigenvalue weighted by molar-refractivity contribution is 7.54. The van der Waals surface area contributed by atoms with E-state index in [-0.39, 0.29) is 24.0 Å². The highest BCUT2D eigenvalue weighted by Gasteiger charge is 2.40. The highest BCUT2D eigenvalue weighted by atomic mass is 31.2. The number of carbonyl (C=O) groups is 1. The molecule has 0 saturated carbocycles. The normalized spacial score (nSPS) is 22.7. The van der Waals surface area contributed by atoms with E-state index < -0.39 is 13.4 Å². The van der Waals surface area contributed by atoms with Gasteiger partial charge in [-0.3, -0.25) is 9.36 Å². The van der Waals surface area contributed by atoms with Crippen molar-refractivity contribution in [3.63, 3.8) is 0 Å². The van der Waals surface area contributed by atoms with Crippen molar-refractivity contribution in [3.8, 4) is 0 Å². The average molecular weight is 336 g/mol. The van der Waals surface area contributed by atoms with Gasteiger partial charge < -0.3 is 18.5 Å². The van der Waals surface area contributed by atoms with Crippen LogP contribution in [0.3, 0.4) is 0 Å². The Morgan fingerprint density at radius 3 is 2.36 bits per heavy atom. The van der Waals surface area contributed by atoms with E-state index >= 15 is 0 Å². The van der Waals surface area contributed by atoms with Crippen molar-refractivity contribution >= 4 is 13.4 Å². The fourth-order valence-electron chi connectivity index (χ4n) is 2.55. The second-order valence-electron chi connectivity index (χ2n) is 5.77.